The molecule has 0 bridgehead atoms. The van der Waals surface area contributed by atoms with Gasteiger partial charge in [-0.1, -0.05) is 30.3 Å². The molecule has 1 aliphatic heterocycles. The fourth-order valence-electron chi connectivity index (χ4n) is 3.45. The van der Waals surface area contributed by atoms with E-state index in [0.29, 0.717) is 22.8 Å². The maximum atomic E-state index is 12.7. The zero-order valence-corrected chi connectivity index (χ0v) is 14.6. The smallest absolute Gasteiger partial charge is 0.338 e. The largest absolute Gasteiger partial charge is 0.508 e. The first kappa shape index (κ1) is 16.2. The minimum absolute atomic E-state index is 0.123. The Balaban J connectivity index is 2.01. The summed E-state index contributed by atoms with van der Waals surface area (Å²) >= 11 is 0. The number of para-hydroxylation sites is 3. The van der Waals surface area contributed by atoms with E-state index in [4.69, 9.17) is 4.74 Å². The van der Waals surface area contributed by atoms with E-state index in [-0.39, 0.29) is 12.4 Å². The number of hydrogen-bond acceptors (Lipinski definition) is 5. The number of benzene rings is 2. The number of phenolic OH excluding ortho intramolecular Hbond substituents is 1. The highest BCUT2D eigenvalue weighted by molar-refractivity contribution is 5.94. The van der Waals surface area contributed by atoms with Crippen molar-refractivity contribution in [3.05, 3.63) is 65.4 Å². The number of carbonyl (C=O) groups is 1. The number of nitrogens with one attached hydrogen (secondary N) is 1. The summed E-state index contributed by atoms with van der Waals surface area (Å²) in [6.07, 6.45) is 0. The second-order valence-corrected chi connectivity index (χ2v) is 6.14. The van der Waals surface area contributed by atoms with Gasteiger partial charge in [-0.25, -0.2) is 9.78 Å². The second-order valence-electron chi connectivity index (χ2n) is 6.14. The van der Waals surface area contributed by atoms with Gasteiger partial charge in [0.05, 0.1) is 29.3 Å². The van der Waals surface area contributed by atoms with Gasteiger partial charge in [-0.15, -0.1) is 0 Å². The molecule has 2 heterocycles. The summed E-state index contributed by atoms with van der Waals surface area (Å²) in [4.78, 5) is 17.4. The average Bonchev–Trinajstić information content (AvgIpc) is 2.99. The molecule has 2 aromatic carbocycles. The van der Waals surface area contributed by atoms with Gasteiger partial charge in [0.25, 0.3) is 0 Å². The van der Waals surface area contributed by atoms with Gasteiger partial charge in [-0.05, 0) is 32.0 Å². The number of nitrogens with zero attached hydrogens (tertiary/aromatic N) is 2. The number of carbonyl (C=O) groups excluding carboxylic acids is 1. The van der Waals surface area contributed by atoms with Crippen LogP contribution in [0.3, 0.4) is 0 Å². The first-order chi connectivity index (χ1) is 12.6. The van der Waals surface area contributed by atoms with Crippen molar-refractivity contribution < 1.29 is 14.6 Å². The number of anilines is 1. The third-order valence-corrected chi connectivity index (χ3v) is 4.56. The standard InChI is InChI=1S/C20H19N3O3/c1-3-26-19(25)17-12(2)21-20-22-14-9-5-6-10-15(14)23(20)18(17)13-8-4-7-11-16(13)24/h4-11,18,24H,3H2,1-2H3,(H,21,22). The van der Waals surface area contributed by atoms with Gasteiger partial charge >= 0.3 is 5.97 Å². The van der Waals surface area contributed by atoms with E-state index in [0.717, 1.165) is 11.0 Å². The van der Waals surface area contributed by atoms with Gasteiger partial charge in [-0.3, -0.25) is 4.57 Å². The Kier molecular flexibility index (Phi) is 3.88. The summed E-state index contributed by atoms with van der Waals surface area (Å²) in [5.74, 6) is 0.344. The number of allylic oxidation sites excluding steroid dienone is 1. The quantitative estimate of drug-likeness (QED) is 0.707. The van der Waals surface area contributed by atoms with E-state index in [2.05, 4.69) is 10.3 Å². The predicted octanol–water partition coefficient (Wildman–Crippen LogP) is 3.59. The Hall–Kier alpha value is -3.28. The van der Waals surface area contributed by atoms with Crippen LogP contribution in [0.15, 0.2) is 59.8 Å². The average molecular weight is 349 g/mol. The van der Waals surface area contributed by atoms with Crippen molar-refractivity contribution in [2.45, 2.75) is 19.9 Å². The molecule has 2 N–H and O–H groups in total. The molecule has 0 fully saturated rings. The van der Waals surface area contributed by atoms with E-state index in [1.165, 1.54) is 0 Å². The van der Waals surface area contributed by atoms with Crippen molar-refractivity contribution in [1.82, 2.24) is 9.55 Å². The molecule has 6 nitrogen and oxygen atoms in total. The molecule has 0 aliphatic carbocycles. The third kappa shape index (κ3) is 2.42. The summed E-state index contributed by atoms with van der Waals surface area (Å²) in [6.45, 7) is 3.87. The number of ether oxygens (including phenoxy) is 1. The highest BCUT2D eigenvalue weighted by Gasteiger charge is 2.36. The molecule has 4 rings (SSSR count). The van der Waals surface area contributed by atoms with Crippen molar-refractivity contribution in [2.24, 2.45) is 0 Å². The van der Waals surface area contributed by atoms with Crippen molar-refractivity contribution in [3.8, 4) is 5.75 Å². The Labute approximate surface area is 150 Å². The van der Waals surface area contributed by atoms with E-state index in [1.54, 1.807) is 19.1 Å². The van der Waals surface area contributed by atoms with Crippen LogP contribution in [0.1, 0.15) is 25.5 Å². The molecule has 1 atom stereocenters. The molecule has 6 heteroatoms. The van der Waals surface area contributed by atoms with Crippen LogP contribution in [0.25, 0.3) is 11.0 Å². The number of aromatic hydroxyl groups is 1. The lowest BCUT2D eigenvalue weighted by Crippen LogP contribution is -2.29. The van der Waals surface area contributed by atoms with Crippen LogP contribution in [0.2, 0.25) is 0 Å². The molecule has 0 amide bonds. The van der Waals surface area contributed by atoms with E-state index >= 15 is 0 Å². The number of esters is 1. The van der Waals surface area contributed by atoms with Gasteiger partial charge in [0.2, 0.25) is 5.95 Å². The summed E-state index contributed by atoms with van der Waals surface area (Å²) in [5, 5.41) is 13.7. The fraction of sp³-hybridized carbons (Fsp3) is 0.200. The zero-order chi connectivity index (χ0) is 18.3. The van der Waals surface area contributed by atoms with Crippen molar-refractivity contribution in [1.29, 1.82) is 0 Å². The number of phenols is 1. The Morgan fingerprint density at radius 1 is 1.23 bits per heavy atom. The first-order valence-corrected chi connectivity index (χ1v) is 8.51. The number of aromatic nitrogens is 2. The normalized spacial score (nSPS) is 16.3. The second kappa shape index (κ2) is 6.22. The monoisotopic (exact) mass is 349 g/mol. The van der Waals surface area contributed by atoms with Crippen molar-refractivity contribution in [2.75, 3.05) is 11.9 Å². The summed E-state index contributed by atoms with van der Waals surface area (Å²) in [6, 6.07) is 14.2. The highest BCUT2D eigenvalue weighted by atomic mass is 16.5. The number of imidazole rings is 1. The molecule has 132 valence electrons. The van der Waals surface area contributed by atoms with Crippen LogP contribution >= 0.6 is 0 Å². The Morgan fingerprint density at radius 2 is 1.96 bits per heavy atom. The van der Waals surface area contributed by atoms with Crippen LogP contribution in [0.4, 0.5) is 5.95 Å². The Bertz CT molecular complexity index is 1040. The number of hydrogen-bond donors (Lipinski definition) is 2. The van der Waals surface area contributed by atoms with Gasteiger partial charge in [-0.2, -0.15) is 0 Å². The van der Waals surface area contributed by atoms with Crippen LogP contribution in [-0.2, 0) is 9.53 Å². The highest BCUT2D eigenvalue weighted by Crippen LogP contribution is 2.41. The van der Waals surface area contributed by atoms with Gasteiger partial charge in [0, 0.05) is 11.3 Å². The molecule has 0 radical (unpaired) electrons. The van der Waals surface area contributed by atoms with Gasteiger partial charge in [0.15, 0.2) is 0 Å². The van der Waals surface area contributed by atoms with Gasteiger partial charge < -0.3 is 15.2 Å². The van der Waals surface area contributed by atoms with E-state index in [1.807, 2.05) is 47.9 Å². The topological polar surface area (TPSA) is 76.4 Å². The summed E-state index contributed by atoms with van der Waals surface area (Å²) in [7, 11) is 0. The molecule has 0 saturated carbocycles. The maximum Gasteiger partial charge on any atom is 0.338 e. The van der Waals surface area contributed by atoms with Crippen LogP contribution in [0, 0.1) is 0 Å². The summed E-state index contributed by atoms with van der Waals surface area (Å²) < 4.78 is 7.23. The molecule has 3 aromatic rings. The fourth-order valence-corrected chi connectivity index (χ4v) is 3.45. The van der Waals surface area contributed by atoms with E-state index in [9.17, 15) is 9.90 Å². The summed E-state index contributed by atoms with van der Waals surface area (Å²) in [5.41, 5.74) is 3.44. The lowest BCUT2D eigenvalue weighted by Gasteiger charge is -2.30. The molecule has 1 aliphatic rings. The Morgan fingerprint density at radius 3 is 2.73 bits per heavy atom. The molecule has 26 heavy (non-hydrogen) atoms. The van der Waals surface area contributed by atoms with Crippen LogP contribution in [-0.4, -0.2) is 27.2 Å². The zero-order valence-electron chi connectivity index (χ0n) is 14.6. The minimum Gasteiger partial charge on any atom is -0.508 e. The minimum atomic E-state index is -0.529. The van der Waals surface area contributed by atoms with E-state index < -0.39 is 12.0 Å². The van der Waals surface area contributed by atoms with Crippen molar-refractivity contribution in [3.63, 3.8) is 0 Å². The van der Waals surface area contributed by atoms with Crippen LogP contribution < -0.4 is 5.32 Å². The van der Waals surface area contributed by atoms with Crippen molar-refractivity contribution >= 4 is 23.0 Å². The SMILES string of the molecule is CCOC(=O)C1=C(C)Nc2nc3ccccc3n2C1c1ccccc1O. The van der Waals surface area contributed by atoms with Crippen LogP contribution in [0.5, 0.6) is 5.75 Å². The molecular formula is C20H19N3O3. The molecule has 0 spiro atoms. The number of rotatable bonds is 3. The number of fused-ring (bicyclic) bond motifs is 3. The molecule has 1 unspecified atom stereocenters. The maximum absolute atomic E-state index is 12.7. The molecule has 1 aromatic heterocycles. The lowest BCUT2D eigenvalue weighted by molar-refractivity contribution is -0.139. The lowest BCUT2D eigenvalue weighted by atomic mass is 9.94. The third-order valence-electron chi connectivity index (χ3n) is 4.56. The first-order valence-electron chi connectivity index (χ1n) is 8.51. The molecular weight excluding hydrogens is 330 g/mol. The van der Waals surface area contributed by atoms with Gasteiger partial charge in [0.1, 0.15) is 5.75 Å². The molecule has 0 saturated heterocycles. The predicted molar refractivity (Wildman–Crippen MR) is 98.9 cm³/mol.